The van der Waals surface area contributed by atoms with Crippen LogP contribution in [-0.4, -0.2) is 17.7 Å². The molecule has 1 amide bonds. The molecule has 0 unspecified atom stereocenters. The van der Waals surface area contributed by atoms with Crippen LogP contribution in [0.25, 0.3) is 0 Å². The van der Waals surface area contributed by atoms with Gasteiger partial charge in [-0.1, -0.05) is 24.3 Å². The molecule has 0 spiro atoms. The predicted molar refractivity (Wildman–Crippen MR) is 95.6 cm³/mol. The number of hydrogen-bond acceptors (Lipinski definition) is 6. The summed E-state index contributed by atoms with van der Waals surface area (Å²) in [7, 11) is 0. The van der Waals surface area contributed by atoms with E-state index in [1.807, 2.05) is 48.5 Å². The lowest BCUT2D eigenvalue weighted by atomic mass is 10.2. The second-order valence-electron chi connectivity index (χ2n) is 5.40. The predicted octanol–water partition coefficient (Wildman–Crippen LogP) is 3.55. The number of nitrogens with zero attached hydrogens (tertiary/aromatic N) is 1. The average molecular weight is 353 g/mol. The van der Waals surface area contributed by atoms with Crippen molar-refractivity contribution in [2.75, 3.05) is 12.1 Å². The number of aromatic nitrogens is 1. The Bertz CT molecular complexity index is 896. The van der Waals surface area contributed by atoms with Gasteiger partial charge in [0, 0.05) is 17.6 Å². The first-order chi connectivity index (χ1) is 12.3. The summed E-state index contributed by atoms with van der Waals surface area (Å²) in [6.07, 6.45) is 0. The molecule has 0 atom stereocenters. The summed E-state index contributed by atoms with van der Waals surface area (Å²) in [5.74, 6) is 1.22. The molecule has 1 aliphatic heterocycles. The lowest BCUT2D eigenvalue weighted by molar-refractivity contribution is 0.0946. The number of rotatable bonds is 5. The van der Waals surface area contributed by atoms with Gasteiger partial charge >= 0.3 is 0 Å². The Morgan fingerprint density at radius 3 is 2.84 bits per heavy atom. The molecule has 1 aromatic heterocycles. The van der Waals surface area contributed by atoms with Crippen molar-refractivity contribution in [2.45, 2.75) is 6.54 Å². The molecule has 0 radical (unpaired) electrons. The first-order valence-corrected chi connectivity index (χ1v) is 8.60. The third-order valence-electron chi connectivity index (χ3n) is 3.65. The van der Waals surface area contributed by atoms with E-state index >= 15 is 0 Å². The number of ether oxygens (including phenoxy) is 2. The summed E-state index contributed by atoms with van der Waals surface area (Å²) in [5, 5.41) is 8.46. The van der Waals surface area contributed by atoms with E-state index in [0.717, 1.165) is 17.0 Å². The topological polar surface area (TPSA) is 72.5 Å². The van der Waals surface area contributed by atoms with Crippen molar-refractivity contribution in [1.82, 2.24) is 10.3 Å². The first-order valence-electron chi connectivity index (χ1n) is 7.72. The third kappa shape index (κ3) is 3.56. The summed E-state index contributed by atoms with van der Waals surface area (Å²) in [5.41, 5.74) is 2.27. The van der Waals surface area contributed by atoms with Crippen molar-refractivity contribution in [2.24, 2.45) is 0 Å². The molecule has 4 rings (SSSR count). The highest BCUT2D eigenvalue weighted by Crippen LogP contribution is 2.32. The van der Waals surface area contributed by atoms with E-state index in [-0.39, 0.29) is 12.7 Å². The Hall–Kier alpha value is -3.06. The van der Waals surface area contributed by atoms with Crippen LogP contribution in [-0.2, 0) is 6.54 Å². The number of thiazole rings is 1. The van der Waals surface area contributed by atoms with Gasteiger partial charge in [0.2, 0.25) is 6.79 Å². The van der Waals surface area contributed by atoms with Gasteiger partial charge < -0.3 is 20.1 Å². The smallest absolute Gasteiger partial charge is 0.271 e. The van der Waals surface area contributed by atoms with Crippen molar-refractivity contribution in [1.29, 1.82) is 0 Å². The van der Waals surface area contributed by atoms with E-state index in [1.54, 1.807) is 5.38 Å². The van der Waals surface area contributed by atoms with Gasteiger partial charge in [0.25, 0.3) is 5.91 Å². The third-order valence-corrected chi connectivity index (χ3v) is 4.41. The molecule has 2 heterocycles. The number of para-hydroxylation sites is 1. The minimum absolute atomic E-state index is 0.213. The number of fused-ring (bicyclic) bond motifs is 1. The highest BCUT2D eigenvalue weighted by atomic mass is 32.1. The van der Waals surface area contributed by atoms with E-state index in [4.69, 9.17) is 9.47 Å². The van der Waals surface area contributed by atoms with Crippen LogP contribution in [0.1, 0.15) is 16.1 Å². The molecule has 7 heteroatoms. The van der Waals surface area contributed by atoms with Gasteiger partial charge in [-0.2, -0.15) is 0 Å². The van der Waals surface area contributed by atoms with Crippen LogP contribution < -0.4 is 20.1 Å². The monoisotopic (exact) mass is 353 g/mol. The molecular weight excluding hydrogens is 338 g/mol. The highest BCUT2D eigenvalue weighted by molar-refractivity contribution is 7.14. The SMILES string of the molecule is O=C(NCc1ccc2c(c1)OCO2)c1csc(Nc2ccccc2)n1. The lowest BCUT2D eigenvalue weighted by Crippen LogP contribution is -2.23. The second kappa shape index (κ2) is 6.82. The molecule has 0 fully saturated rings. The van der Waals surface area contributed by atoms with Gasteiger partial charge in [-0.3, -0.25) is 4.79 Å². The fourth-order valence-corrected chi connectivity index (χ4v) is 3.12. The molecule has 2 aromatic carbocycles. The van der Waals surface area contributed by atoms with E-state index in [0.29, 0.717) is 23.1 Å². The van der Waals surface area contributed by atoms with Crippen LogP contribution in [0.15, 0.2) is 53.9 Å². The summed E-state index contributed by atoms with van der Waals surface area (Å²) in [4.78, 5) is 16.6. The highest BCUT2D eigenvalue weighted by Gasteiger charge is 2.14. The maximum Gasteiger partial charge on any atom is 0.271 e. The lowest BCUT2D eigenvalue weighted by Gasteiger charge is -2.05. The number of anilines is 2. The van der Waals surface area contributed by atoms with Gasteiger partial charge in [0.15, 0.2) is 16.6 Å². The minimum Gasteiger partial charge on any atom is -0.454 e. The molecule has 0 bridgehead atoms. The first kappa shape index (κ1) is 15.5. The summed E-state index contributed by atoms with van der Waals surface area (Å²) in [6.45, 7) is 0.635. The fourth-order valence-electron chi connectivity index (χ4n) is 2.40. The zero-order valence-electron chi connectivity index (χ0n) is 13.2. The number of carbonyl (C=O) groups is 1. The van der Waals surface area contributed by atoms with E-state index in [1.165, 1.54) is 11.3 Å². The summed E-state index contributed by atoms with van der Waals surface area (Å²) in [6, 6.07) is 15.3. The fraction of sp³-hybridized carbons (Fsp3) is 0.111. The number of benzene rings is 2. The van der Waals surface area contributed by atoms with Crippen molar-refractivity contribution in [3.63, 3.8) is 0 Å². The normalized spacial score (nSPS) is 12.0. The Morgan fingerprint density at radius 2 is 1.96 bits per heavy atom. The zero-order valence-corrected chi connectivity index (χ0v) is 14.0. The van der Waals surface area contributed by atoms with E-state index < -0.39 is 0 Å². The van der Waals surface area contributed by atoms with Crippen molar-refractivity contribution in [3.05, 3.63) is 65.2 Å². The minimum atomic E-state index is -0.213. The summed E-state index contributed by atoms with van der Waals surface area (Å²) >= 11 is 1.39. The Kier molecular flexibility index (Phi) is 4.22. The Morgan fingerprint density at radius 1 is 1.12 bits per heavy atom. The van der Waals surface area contributed by atoms with Crippen molar-refractivity contribution in [3.8, 4) is 11.5 Å². The van der Waals surface area contributed by atoms with Gasteiger partial charge in [-0.05, 0) is 29.8 Å². The average Bonchev–Trinajstić information content (AvgIpc) is 3.29. The molecule has 0 aliphatic carbocycles. The molecule has 3 aromatic rings. The number of hydrogen-bond donors (Lipinski definition) is 2. The standard InChI is InChI=1S/C18H15N3O3S/c22-17(19-9-12-6-7-15-16(8-12)24-11-23-15)14-10-25-18(21-14)20-13-4-2-1-3-5-13/h1-8,10H,9,11H2,(H,19,22)(H,20,21). The Balaban J connectivity index is 1.37. The Labute approximate surface area is 148 Å². The zero-order chi connectivity index (χ0) is 17.1. The van der Waals surface area contributed by atoms with Crippen LogP contribution in [0.2, 0.25) is 0 Å². The molecular formula is C18H15N3O3S. The quantitative estimate of drug-likeness (QED) is 0.734. The molecule has 2 N–H and O–H groups in total. The molecule has 0 saturated carbocycles. The maximum absolute atomic E-state index is 12.3. The number of nitrogens with one attached hydrogen (secondary N) is 2. The van der Waals surface area contributed by atoms with Crippen LogP contribution >= 0.6 is 11.3 Å². The van der Waals surface area contributed by atoms with Crippen LogP contribution in [0, 0.1) is 0 Å². The van der Waals surface area contributed by atoms with E-state index in [9.17, 15) is 4.79 Å². The van der Waals surface area contributed by atoms with Gasteiger partial charge in [-0.25, -0.2) is 4.98 Å². The largest absolute Gasteiger partial charge is 0.454 e. The van der Waals surface area contributed by atoms with Gasteiger partial charge in [0.1, 0.15) is 5.69 Å². The van der Waals surface area contributed by atoms with Crippen LogP contribution in [0.4, 0.5) is 10.8 Å². The van der Waals surface area contributed by atoms with E-state index in [2.05, 4.69) is 15.6 Å². The van der Waals surface area contributed by atoms with Crippen molar-refractivity contribution >= 4 is 28.1 Å². The maximum atomic E-state index is 12.3. The summed E-state index contributed by atoms with van der Waals surface area (Å²) < 4.78 is 10.6. The molecule has 0 saturated heterocycles. The molecule has 126 valence electrons. The van der Waals surface area contributed by atoms with Gasteiger partial charge in [0.05, 0.1) is 0 Å². The van der Waals surface area contributed by atoms with Crippen LogP contribution in [0.3, 0.4) is 0 Å². The van der Waals surface area contributed by atoms with Crippen molar-refractivity contribution < 1.29 is 14.3 Å². The second-order valence-corrected chi connectivity index (χ2v) is 6.26. The molecule has 1 aliphatic rings. The number of amides is 1. The molecule has 25 heavy (non-hydrogen) atoms. The molecule has 6 nitrogen and oxygen atoms in total. The number of carbonyl (C=O) groups excluding carboxylic acids is 1. The van der Waals surface area contributed by atoms with Gasteiger partial charge in [-0.15, -0.1) is 11.3 Å². The van der Waals surface area contributed by atoms with Crippen LogP contribution in [0.5, 0.6) is 11.5 Å².